The minimum absolute atomic E-state index is 0.0151. The number of aromatic amines is 1. The van der Waals surface area contributed by atoms with E-state index in [2.05, 4.69) is 25.9 Å². The van der Waals surface area contributed by atoms with Gasteiger partial charge in [0, 0.05) is 22.8 Å². The van der Waals surface area contributed by atoms with E-state index in [1.165, 1.54) is 18.2 Å². The number of fused-ring (bicyclic) bond motifs is 1. The summed E-state index contributed by atoms with van der Waals surface area (Å²) in [5.41, 5.74) is -0.125. The molecule has 1 unspecified atom stereocenters. The topological polar surface area (TPSA) is 169 Å². The van der Waals surface area contributed by atoms with Crippen LogP contribution < -0.4 is 21.5 Å². The van der Waals surface area contributed by atoms with Crippen LogP contribution in [0, 0.1) is 0 Å². The van der Waals surface area contributed by atoms with E-state index >= 15 is 0 Å². The van der Waals surface area contributed by atoms with Crippen molar-refractivity contribution in [1.82, 2.24) is 9.97 Å². The van der Waals surface area contributed by atoms with Crippen molar-refractivity contribution in [2.24, 2.45) is 0 Å². The van der Waals surface area contributed by atoms with Gasteiger partial charge in [0.15, 0.2) is 0 Å². The van der Waals surface area contributed by atoms with Gasteiger partial charge in [-0.2, -0.15) is 4.98 Å². The molecule has 1 aliphatic heterocycles. The highest BCUT2D eigenvalue weighted by atomic mass is 35.5. The van der Waals surface area contributed by atoms with Gasteiger partial charge in [-0.3, -0.25) is 19.4 Å². The van der Waals surface area contributed by atoms with Gasteiger partial charge >= 0.3 is 11.9 Å². The maximum Gasteiger partial charge on any atom is 0.337 e. The van der Waals surface area contributed by atoms with Gasteiger partial charge in [-0.15, -0.1) is 0 Å². The SMILES string of the molecule is COC(=O)c1cc(NC(=O)C2CC(=O)Nc3nc(Nc4cccc(Cl)c4)[nH]c(=O)c32)cc(C(=O)OC)c1. The summed E-state index contributed by atoms with van der Waals surface area (Å²) in [6, 6.07) is 10.5. The van der Waals surface area contributed by atoms with E-state index < -0.39 is 35.2 Å². The van der Waals surface area contributed by atoms with E-state index in [-0.39, 0.29) is 40.6 Å². The number of aromatic nitrogens is 2. The molecule has 1 atom stereocenters. The first-order chi connectivity index (χ1) is 17.7. The average Bonchev–Trinajstić information content (AvgIpc) is 2.86. The Kier molecular flexibility index (Phi) is 7.20. The lowest BCUT2D eigenvalue weighted by Gasteiger charge is -2.24. The van der Waals surface area contributed by atoms with E-state index in [0.717, 1.165) is 14.2 Å². The minimum atomic E-state index is -1.21. The van der Waals surface area contributed by atoms with E-state index in [1.54, 1.807) is 24.3 Å². The lowest BCUT2D eigenvalue weighted by atomic mass is 9.92. The van der Waals surface area contributed by atoms with Crippen molar-refractivity contribution in [3.8, 4) is 0 Å². The first kappa shape index (κ1) is 25.4. The number of rotatable bonds is 6. The van der Waals surface area contributed by atoms with Gasteiger partial charge < -0.3 is 25.4 Å². The lowest BCUT2D eigenvalue weighted by Crippen LogP contribution is -2.36. The van der Waals surface area contributed by atoms with Crippen LogP contribution >= 0.6 is 11.6 Å². The van der Waals surface area contributed by atoms with Gasteiger partial charge in [-0.1, -0.05) is 17.7 Å². The summed E-state index contributed by atoms with van der Waals surface area (Å²) in [7, 11) is 2.33. The van der Waals surface area contributed by atoms with Crippen molar-refractivity contribution in [3.63, 3.8) is 0 Å². The molecule has 0 saturated heterocycles. The number of carbonyl (C=O) groups is 4. The molecule has 13 heteroatoms. The van der Waals surface area contributed by atoms with E-state index in [1.807, 2.05) is 0 Å². The molecule has 12 nitrogen and oxygen atoms in total. The Morgan fingerprint density at radius 3 is 2.30 bits per heavy atom. The maximum atomic E-state index is 13.2. The molecule has 2 aromatic carbocycles. The number of nitrogens with one attached hydrogen (secondary N) is 4. The number of hydrogen-bond donors (Lipinski definition) is 4. The normalized spacial score (nSPS) is 14.1. The largest absolute Gasteiger partial charge is 0.465 e. The number of ether oxygens (including phenoxy) is 2. The predicted octanol–water partition coefficient (Wildman–Crippen LogP) is 2.80. The number of methoxy groups -OCH3 is 2. The minimum Gasteiger partial charge on any atom is -0.465 e. The van der Waals surface area contributed by atoms with E-state index in [0.29, 0.717) is 10.7 Å². The molecule has 0 spiro atoms. The number of halogens is 1. The summed E-state index contributed by atoms with van der Waals surface area (Å²) < 4.78 is 9.39. The molecular formula is C24H20ClN5O7. The average molecular weight is 526 g/mol. The summed E-state index contributed by atoms with van der Waals surface area (Å²) >= 11 is 5.98. The molecule has 190 valence electrons. The number of carbonyl (C=O) groups excluding carboxylic acids is 4. The number of anilines is 4. The molecule has 0 radical (unpaired) electrons. The van der Waals surface area contributed by atoms with Crippen LogP contribution in [0.3, 0.4) is 0 Å². The second-order valence-electron chi connectivity index (χ2n) is 7.89. The van der Waals surface area contributed by atoms with Crippen molar-refractivity contribution in [2.75, 3.05) is 30.2 Å². The van der Waals surface area contributed by atoms with E-state index in [9.17, 15) is 24.0 Å². The second-order valence-corrected chi connectivity index (χ2v) is 8.32. The number of hydrogen-bond acceptors (Lipinski definition) is 9. The molecule has 4 rings (SSSR count). The molecule has 2 heterocycles. The standard InChI is InChI=1S/C24H20ClN5O7/c1-36-22(34)11-6-12(23(35)37-2)8-15(7-11)26-20(32)16-10-17(31)28-19-18(16)21(33)30-24(29-19)27-14-5-3-4-13(25)9-14/h3-9,16H,10H2,1-2H3,(H,26,32)(H3,27,28,29,30,31,33). The molecule has 37 heavy (non-hydrogen) atoms. The lowest BCUT2D eigenvalue weighted by molar-refractivity contribution is -0.123. The van der Waals surface area contributed by atoms with Crippen molar-refractivity contribution in [1.29, 1.82) is 0 Å². The molecule has 1 aromatic heterocycles. The van der Waals surface area contributed by atoms with Gasteiger partial charge in [-0.05, 0) is 36.4 Å². The molecule has 1 aliphatic rings. The highest BCUT2D eigenvalue weighted by Gasteiger charge is 2.35. The maximum absolute atomic E-state index is 13.2. The first-order valence-corrected chi connectivity index (χ1v) is 11.2. The molecule has 2 amide bonds. The zero-order chi connectivity index (χ0) is 26.7. The third-order valence-corrected chi connectivity index (χ3v) is 5.63. The Labute approximate surface area is 214 Å². The van der Waals surface area contributed by atoms with Crippen LogP contribution in [0.2, 0.25) is 5.02 Å². The van der Waals surface area contributed by atoms with Gasteiger partial charge in [0.1, 0.15) is 5.82 Å². The van der Waals surface area contributed by atoms with E-state index in [4.69, 9.17) is 21.1 Å². The highest BCUT2D eigenvalue weighted by molar-refractivity contribution is 6.30. The molecule has 0 fully saturated rings. The van der Waals surface area contributed by atoms with Crippen molar-refractivity contribution >= 4 is 58.5 Å². The van der Waals surface area contributed by atoms with Gasteiger partial charge in [0.05, 0.1) is 36.8 Å². The van der Waals surface area contributed by atoms with Gasteiger partial charge in [-0.25, -0.2) is 9.59 Å². The molecule has 3 aromatic rings. The Morgan fingerprint density at radius 1 is 1.00 bits per heavy atom. The quantitative estimate of drug-likeness (QED) is 0.353. The Balaban J connectivity index is 1.65. The second kappa shape index (κ2) is 10.5. The van der Waals surface area contributed by atoms with Crippen LogP contribution in [0.5, 0.6) is 0 Å². The zero-order valence-corrected chi connectivity index (χ0v) is 20.3. The van der Waals surface area contributed by atoms with Crippen LogP contribution in [0.1, 0.15) is 38.6 Å². The number of nitrogens with zero attached hydrogens (tertiary/aromatic N) is 1. The molecule has 0 bridgehead atoms. The molecule has 4 N–H and O–H groups in total. The van der Waals surface area contributed by atoms with Crippen LogP contribution in [-0.2, 0) is 19.1 Å². The Bertz CT molecular complexity index is 1450. The summed E-state index contributed by atoms with van der Waals surface area (Å²) in [5.74, 6) is -4.00. The van der Waals surface area contributed by atoms with Crippen molar-refractivity contribution < 1.29 is 28.7 Å². The fourth-order valence-corrected chi connectivity index (χ4v) is 3.95. The summed E-state index contributed by atoms with van der Waals surface area (Å²) in [4.78, 5) is 69.4. The first-order valence-electron chi connectivity index (χ1n) is 10.8. The van der Waals surface area contributed by atoms with Crippen molar-refractivity contribution in [3.05, 3.63) is 74.5 Å². The summed E-state index contributed by atoms with van der Waals surface area (Å²) in [6.07, 6.45) is -0.328. The predicted molar refractivity (Wildman–Crippen MR) is 133 cm³/mol. The molecule has 0 aliphatic carbocycles. The number of amides is 2. The van der Waals surface area contributed by atoms with Crippen molar-refractivity contribution in [2.45, 2.75) is 12.3 Å². The van der Waals surface area contributed by atoms with Crippen LogP contribution in [-0.4, -0.2) is 47.9 Å². The van der Waals surface area contributed by atoms with Gasteiger partial charge in [0.2, 0.25) is 17.8 Å². The number of H-pyrrole nitrogens is 1. The number of benzene rings is 2. The Morgan fingerprint density at radius 2 is 1.68 bits per heavy atom. The third kappa shape index (κ3) is 5.59. The van der Waals surface area contributed by atoms with Crippen LogP contribution in [0.25, 0.3) is 0 Å². The monoisotopic (exact) mass is 525 g/mol. The van der Waals surface area contributed by atoms with Crippen LogP contribution in [0.4, 0.5) is 23.1 Å². The molecular weight excluding hydrogens is 506 g/mol. The summed E-state index contributed by atoms with van der Waals surface area (Å²) in [5, 5.41) is 8.41. The third-order valence-electron chi connectivity index (χ3n) is 5.40. The van der Waals surface area contributed by atoms with Gasteiger partial charge in [0.25, 0.3) is 5.56 Å². The Hall–Kier alpha value is -4.71. The highest BCUT2D eigenvalue weighted by Crippen LogP contribution is 2.30. The van der Waals surface area contributed by atoms with Crippen LogP contribution in [0.15, 0.2) is 47.3 Å². The fourth-order valence-electron chi connectivity index (χ4n) is 3.76. The number of esters is 2. The fraction of sp³-hybridized carbons (Fsp3) is 0.167. The zero-order valence-electron chi connectivity index (χ0n) is 19.5. The summed E-state index contributed by atoms with van der Waals surface area (Å²) in [6.45, 7) is 0. The molecule has 0 saturated carbocycles. The smallest absolute Gasteiger partial charge is 0.337 e.